The number of rotatable bonds is 10. The molecule has 0 bridgehead atoms. The number of ether oxygens (including phenoxy) is 1. The normalized spacial score (nSPS) is 19.6. The number of nitrogens with one attached hydrogen (secondary N) is 2. The molecule has 10 heteroatoms. The Morgan fingerprint density at radius 2 is 1.94 bits per heavy atom. The van der Waals surface area contributed by atoms with E-state index < -0.39 is 6.03 Å². The predicted octanol–water partition coefficient (Wildman–Crippen LogP) is 3.15. The molecule has 1 aliphatic carbocycles. The molecule has 4 rings (SSSR count). The highest BCUT2D eigenvalue weighted by Crippen LogP contribution is 2.34. The highest BCUT2D eigenvalue weighted by molar-refractivity contribution is 6.01. The number of methoxy groups -OCH3 is 1. The topological polar surface area (TPSA) is 121 Å². The molecule has 1 aliphatic heterocycles. The third-order valence-electron chi connectivity index (χ3n) is 6.68. The Morgan fingerprint density at radius 3 is 2.72 bits per heavy atom. The van der Waals surface area contributed by atoms with Crippen LogP contribution in [0.4, 0.5) is 10.5 Å². The number of carbonyl (C=O) groups excluding carboxylic acids is 4. The molecule has 10 nitrogen and oxygen atoms in total. The molecule has 2 N–H and O–H groups in total. The minimum Gasteiger partial charge on any atom is -0.497 e. The second-order valence-corrected chi connectivity index (χ2v) is 9.10. The van der Waals surface area contributed by atoms with Gasteiger partial charge in [-0.2, -0.15) is 0 Å². The summed E-state index contributed by atoms with van der Waals surface area (Å²) in [7, 11) is 1.55. The molecule has 2 atom stereocenters. The van der Waals surface area contributed by atoms with E-state index in [4.69, 9.17) is 9.15 Å². The number of fused-ring (bicyclic) bond motifs is 1. The molecule has 2 aliphatic rings. The standard InChI is InChI=1S/C26H32N4O6/c1-35-19-8-4-7-18(15-19)28-24(32)17-30-22-11-3-2-10-21(22)25(33)29(26(30)34)13-5-12-23(31)27-16-20-9-6-14-36-20/h4,6-9,14-15,21-22H,2-3,5,10-13,16-17H2,1H3,(H,27,31)(H,28,32). The first-order valence-electron chi connectivity index (χ1n) is 12.3. The van der Waals surface area contributed by atoms with Crippen molar-refractivity contribution in [2.45, 2.75) is 51.1 Å². The van der Waals surface area contributed by atoms with E-state index in [1.54, 1.807) is 43.5 Å². The van der Waals surface area contributed by atoms with Gasteiger partial charge in [0.25, 0.3) is 0 Å². The second kappa shape index (κ2) is 11.7. The van der Waals surface area contributed by atoms with Crippen LogP contribution in [0, 0.1) is 5.92 Å². The van der Waals surface area contributed by atoms with Crippen molar-refractivity contribution < 1.29 is 28.3 Å². The lowest BCUT2D eigenvalue weighted by Gasteiger charge is -2.46. The number of amides is 5. The van der Waals surface area contributed by atoms with Crippen LogP contribution in [0.5, 0.6) is 5.75 Å². The molecule has 2 heterocycles. The minimum atomic E-state index is -0.472. The van der Waals surface area contributed by atoms with Crippen molar-refractivity contribution in [3.05, 3.63) is 48.4 Å². The number of hydrogen-bond acceptors (Lipinski definition) is 6. The Labute approximate surface area is 209 Å². The van der Waals surface area contributed by atoms with Crippen LogP contribution < -0.4 is 15.4 Å². The van der Waals surface area contributed by atoms with Crippen LogP contribution in [-0.2, 0) is 20.9 Å². The van der Waals surface area contributed by atoms with Gasteiger partial charge < -0.3 is 24.7 Å². The van der Waals surface area contributed by atoms with Crippen LogP contribution in [0.15, 0.2) is 47.1 Å². The van der Waals surface area contributed by atoms with E-state index >= 15 is 0 Å². The minimum absolute atomic E-state index is 0.128. The van der Waals surface area contributed by atoms with E-state index in [9.17, 15) is 19.2 Å². The van der Waals surface area contributed by atoms with Crippen molar-refractivity contribution in [2.24, 2.45) is 5.92 Å². The van der Waals surface area contributed by atoms with Gasteiger partial charge in [0.2, 0.25) is 17.7 Å². The Kier molecular flexibility index (Phi) is 8.24. The van der Waals surface area contributed by atoms with Crippen LogP contribution >= 0.6 is 0 Å². The van der Waals surface area contributed by atoms with Gasteiger partial charge in [0.05, 0.1) is 25.8 Å². The number of imide groups is 1. The summed E-state index contributed by atoms with van der Waals surface area (Å²) < 4.78 is 10.4. The van der Waals surface area contributed by atoms with Crippen molar-refractivity contribution in [1.29, 1.82) is 0 Å². The molecule has 36 heavy (non-hydrogen) atoms. The highest BCUT2D eigenvalue weighted by Gasteiger charge is 2.47. The summed E-state index contributed by atoms with van der Waals surface area (Å²) in [5.74, 6) is 0.204. The van der Waals surface area contributed by atoms with Crippen molar-refractivity contribution in [1.82, 2.24) is 15.1 Å². The number of urea groups is 1. The van der Waals surface area contributed by atoms with Crippen molar-refractivity contribution >= 4 is 29.4 Å². The fourth-order valence-corrected chi connectivity index (χ4v) is 4.90. The maximum absolute atomic E-state index is 13.4. The van der Waals surface area contributed by atoms with E-state index in [1.807, 2.05) is 0 Å². The van der Waals surface area contributed by atoms with Crippen LogP contribution in [0.1, 0.15) is 44.3 Å². The first kappa shape index (κ1) is 25.3. The van der Waals surface area contributed by atoms with Crippen LogP contribution in [0.3, 0.4) is 0 Å². The van der Waals surface area contributed by atoms with Crippen LogP contribution in [-0.4, -0.2) is 59.8 Å². The van der Waals surface area contributed by atoms with E-state index in [0.29, 0.717) is 36.5 Å². The molecule has 5 amide bonds. The number of furan rings is 1. The molecule has 0 radical (unpaired) electrons. The fourth-order valence-electron chi connectivity index (χ4n) is 4.90. The monoisotopic (exact) mass is 496 g/mol. The van der Waals surface area contributed by atoms with Gasteiger partial charge in [-0.3, -0.25) is 19.3 Å². The maximum Gasteiger partial charge on any atom is 0.327 e. The van der Waals surface area contributed by atoms with E-state index in [-0.39, 0.29) is 55.7 Å². The summed E-state index contributed by atoms with van der Waals surface area (Å²) >= 11 is 0. The molecule has 2 fully saturated rings. The molecule has 1 aromatic heterocycles. The smallest absolute Gasteiger partial charge is 0.327 e. The van der Waals surface area contributed by atoms with E-state index in [0.717, 1.165) is 12.8 Å². The largest absolute Gasteiger partial charge is 0.497 e. The number of benzene rings is 1. The van der Waals surface area contributed by atoms with Crippen LogP contribution in [0.25, 0.3) is 0 Å². The third-order valence-corrected chi connectivity index (χ3v) is 6.68. The van der Waals surface area contributed by atoms with Crippen LogP contribution in [0.2, 0.25) is 0 Å². The lowest BCUT2D eigenvalue weighted by atomic mass is 9.81. The number of nitrogens with zero attached hydrogens (tertiary/aromatic N) is 2. The molecule has 1 saturated carbocycles. The van der Waals surface area contributed by atoms with E-state index in [1.165, 1.54) is 16.1 Å². The Hall–Kier alpha value is -3.82. The van der Waals surface area contributed by atoms with Gasteiger partial charge in [-0.25, -0.2) is 4.79 Å². The summed E-state index contributed by atoms with van der Waals surface area (Å²) in [6.45, 7) is 0.265. The zero-order chi connectivity index (χ0) is 25.5. The first-order valence-corrected chi connectivity index (χ1v) is 12.3. The summed E-state index contributed by atoms with van der Waals surface area (Å²) in [5, 5.41) is 5.58. The molecule has 192 valence electrons. The molecule has 2 unspecified atom stereocenters. The number of carbonyl (C=O) groups is 4. The van der Waals surface area contributed by atoms with Crippen molar-refractivity contribution in [3.8, 4) is 5.75 Å². The summed E-state index contributed by atoms with van der Waals surface area (Å²) in [4.78, 5) is 54.3. The predicted molar refractivity (Wildman–Crippen MR) is 131 cm³/mol. The third kappa shape index (κ3) is 6.05. The number of hydrogen-bond donors (Lipinski definition) is 2. The first-order chi connectivity index (χ1) is 17.5. The van der Waals surface area contributed by atoms with Gasteiger partial charge in [-0.05, 0) is 43.5 Å². The van der Waals surface area contributed by atoms with Gasteiger partial charge >= 0.3 is 6.03 Å². The highest BCUT2D eigenvalue weighted by atomic mass is 16.5. The van der Waals surface area contributed by atoms with Crippen molar-refractivity contribution in [2.75, 3.05) is 25.5 Å². The molecular formula is C26H32N4O6. The SMILES string of the molecule is COc1cccc(NC(=O)CN2C(=O)N(CCCC(=O)NCc3ccco3)C(=O)C3CCCCC32)c1. The quantitative estimate of drug-likeness (QED) is 0.521. The van der Waals surface area contributed by atoms with E-state index in [2.05, 4.69) is 10.6 Å². The maximum atomic E-state index is 13.4. The molecular weight excluding hydrogens is 464 g/mol. The van der Waals surface area contributed by atoms with Crippen molar-refractivity contribution in [3.63, 3.8) is 0 Å². The Balaban J connectivity index is 1.36. The zero-order valence-electron chi connectivity index (χ0n) is 20.4. The van der Waals surface area contributed by atoms with Gasteiger partial charge in [0.1, 0.15) is 18.1 Å². The van der Waals surface area contributed by atoms with Gasteiger partial charge in [0, 0.05) is 30.8 Å². The number of anilines is 1. The van der Waals surface area contributed by atoms with Gasteiger partial charge in [-0.15, -0.1) is 0 Å². The van der Waals surface area contributed by atoms with Gasteiger partial charge in [0.15, 0.2) is 0 Å². The molecule has 0 spiro atoms. The second-order valence-electron chi connectivity index (χ2n) is 9.10. The summed E-state index contributed by atoms with van der Waals surface area (Å²) in [5.41, 5.74) is 0.567. The lowest BCUT2D eigenvalue weighted by Crippen LogP contribution is -2.63. The Bertz CT molecular complexity index is 1090. The van der Waals surface area contributed by atoms with Gasteiger partial charge in [-0.1, -0.05) is 18.9 Å². The average Bonchev–Trinajstić information content (AvgIpc) is 3.41. The summed E-state index contributed by atoms with van der Waals surface area (Å²) in [6.07, 6.45) is 5.24. The molecule has 1 saturated heterocycles. The molecule has 2 aromatic rings. The summed E-state index contributed by atoms with van der Waals surface area (Å²) in [6, 6.07) is 9.74. The fraction of sp³-hybridized carbons (Fsp3) is 0.462. The zero-order valence-corrected chi connectivity index (χ0v) is 20.4. The molecule has 1 aromatic carbocycles. The average molecular weight is 497 g/mol. The Morgan fingerprint density at radius 1 is 1.11 bits per heavy atom. The lowest BCUT2D eigenvalue weighted by molar-refractivity contribution is -0.142.